The predicted octanol–water partition coefficient (Wildman–Crippen LogP) is 4.57. The first kappa shape index (κ1) is 23.1. The van der Waals surface area contributed by atoms with Crippen molar-refractivity contribution in [3.63, 3.8) is 0 Å². The molecule has 0 bridgehead atoms. The molecule has 6 nitrogen and oxygen atoms in total. The Kier molecular flexibility index (Phi) is 7.71. The number of hydrogen-bond acceptors (Lipinski definition) is 5. The van der Waals surface area contributed by atoms with Crippen molar-refractivity contribution in [3.8, 4) is 11.5 Å². The van der Waals surface area contributed by atoms with Gasteiger partial charge in [0.2, 0.25) is 0 Å². The van der Waals surface area contributed by atoms with E-state index in [-0.39, 0.29) is 5.02 Å². The number of carbonyl (C=O) groups excluding carboxylic acids is 2. The highest BCUT2D eigenvalue weighted by atomic mass is 35.5. The van der Waals surface area contributed by atoms with Gasteiger partial charge < -0.3 is 19.5 Å². The molecular formula is C20H17ClF3NO5. The molecule has 0 aromatic heterocycles. The zero-order chi connectivity index (χ0) is 22.3. The number of ether oxygens (including phenoxy) is 3. The Morgan fingerprint density at radius 3 is 2.47 bits per heavy atom. The first-order valence-electron chi connectivity index (χ1n) is 8.37. The van der Waals surface area contributed by atoms with E-state index in [4.69, 9.17) is 25.8 Å². The third-order valence-corrected chi connectivity index (χ3v) is 3.98. The number of amides is 1. The molecule has 0 saturated carbocycles. The van der Waals surface area contributed by atoms with Crippen LogP contribution in [0.3, 0.4) is 0 Å². The van der Waals surface area contributed by atoms with Crippen LogP contribution < -0.4 is 14.8 Å². The molecule has 0 spiro atoms. The average molecular weight is 444 g/mol. The van der Waals surface area contributed by atoms with Crippen molar-refractivity contribution in [2.24, 2.45) is 0 Å². The quantitative estimate of drug-likeness (QED) is 0.501. The smallest absolute Gasteiger partial charge is 0.418 e. The van der Waals surface area contributed by atoms with Gasteiger partial charge in [0.1, 0.15) is 11.5 Å². The van der Waals surface area contributed by atoms with E-state index in [1.165, 1.54) is 26.4 Å². The number of benzene rings is 2. The summed E-state index contributed by atoms with van der Waals surface area (Å²) < 4.78 is 54.1. The predicted molar refractivity (Wildman–Crippen MR) is 105 cm³/mol. The van der Waals surface area contributed by atoms with Crippen molar-refractivity contribution in [1.82, 2.24) is 0 Å². The molecule has 2 rings (SSSR count). The summed E-state index contributed by atoms with van der Waals surface area (Å²) in [5.41, 5.74) is -1.05. The van der Waals surface area contributed by atoms with Crippen molar-refractivity contribution in [2.75, 3.05) is 26.1 Å². The van der Waals surface area contributed by atoms with E-state index in [1.807, 2.05) is 0 Å². The zero-order valence-corrected chi connectivity index (χ0v) is 16.6. The first-order chi connectivity index (χ1) is 14.1. The van der Waals surface area contributed by atoms with Crippen LogP contribution in [0.2, 0.25) is 5.02 Å². The minimum atomic E-state index is -4.72. The van der Waals surface area contributed by atoms with E-state index < -0.39 is 35.9 Å². The second kappa shape index (κ2) is 10.0. The lowest BCUT2D eigenvalue weighted by atomic mass is 10.1. The molecule has 30 heavy (non-hydrogen) atoms. The molecule has 2 aromatic rings. The summed E-state index contributed by atoms with van der Waals surface area (Å²) in [7, 11) is 2.94. The summed E-state index contributed by atoms with van der Waals surface area (Å²) >= 11 is 5.58. The molecule has 0 radical (unpaired) electrons. The Morgan fingerprint density at radius 2 is 1.83 bits per heavy atom. The van der Waals surface area contributed by atoms with Gasteiger partial charge in [0.05, 0.1) is 25.5 Å². The molecule has 160 valence electrons. The molecule has 1 amide bonds. The van der Waals surface area contributed by atoms with Crippen LogP contribution in [0, 0.1) is 0 Å². The molecule has 0 aliphatic carbocycles. The summed E-state index contributed by atoms with van der Waals surface area (Å²) in [6.45, 7) is -0.775. The monoisotopic (exact) mass is 443 g/mol. The van der Waals surface area contributed by atoms with Gasteiger partial charge in [-0.15, -0.1) is 0 Å². The van der Waals surface area contributed by atoms with Gasteiger partial charge >= 0.3 is 12.1 Å². The van der Waals surface area contributed by atoms with Crippen LogP contribution in [0.15, 0.2) is 42.5 Å². The van der Waals surface area contributed by atoms with E-state index in [2.05, 4.69) is 5.32 Å². The van der Waals surface area contributed by atoms with Gasteiger partial charge in [-0.1, -0.05) is 11.6 Å². The third-order valence-electron chi connectivity index (χ3n) is 3.75. The first-order valence-corrected chi connectivity index (χ1v) is 8.75. The summed E-state index contributed by atoms with van der Waals surface area (Å²) in [4.78, 5) is 23.7. The number of esters is 1. The van der Waals surface area contributed by atoms with Crippen molar-refractivity contribution in [2.45, 2.75) is 6.18 Å². The lowest BCUT2D eigenvalue weighted by Crippen LogP contribution is -2.22. The molecule has 1 N–H and O–H groups in total. The molecular weight excluding hydrogens is 427 g/mol. The van der Waals surface area contributed by atoms with Gasteiger partial charge in [-0.2, -0.15) is 13.2 Å². The number of halogens is 4. The Bertz CT molecular complexity index is 960. The van der Waals surface area contributed by atoms with Crippen LogP contribution in [0.25, 0.3) is 6.08 Å². The Morgan fingerprint density at radius 1 is 1.10 bits per heavy atom. The van der Waals surface area contributed by atoms with Gasteiger partial charge in [0, 0.05) is 22.7 Å². The molecule has 0 fully saturated rings. The van der Waals surface area contributed by atoms with Crippen LogP contribution in [0.4, 0.5) is 18.9 Å². The topological polar surface area (TPSA) is 73.9 Å². The van der Waals surface area contributed by atoms with E-state index in [0.717, 1.165) is 12.1 Å². The highest BCUT2D eigenvalue weighted by Gasteiger charge is 2.34. The van der Waals surface area contributed by atoms with Gasteiger partial charge in [-0.3, -0.25) is 4.79 Å². The maximum absolute atomic E-state index is 13.0. The van der Waals surface area contributed by atoms with Crippen LogP contribution in [0.5, 0.6) is 11.5 Å². The van der Waals surface area contributed by atoms with Crippen LogP contribution >= 0.6 is 11.6 Å². The number of alkyl halides is 3. The number of methoxy groups -OCH3 is 2. The summed E-state index contributed by atoms with van der Waals surface area (Å²) in [6.07, 6.45) is -2.26. The normalized spacial score (nSPS) is 11.3. The van der Waals surface area contributed by atoms with Crippen LogP contribution in [0.1, 0.15) is 11.1 Å². The minimum absolute atomic E-state index is 0.133. The summed E-state index contributed by atoms with van der Waals surface area (Å²) in [6, 6.07) is 7.82. The molecule has 10 heteroatoms. The van der Waals surface area contributed by atoms with E-state index in [1.54, 1.807) is 18.2 Å². The molecule has 0 saturated heterocycles. The molecule has 0 atom stereocenters. The molecule has 0 unspecified atom stereocenters. The standard InChI is InChI=1S/C20H17ClF3NO5/c1-28-14-6-3-12(17(10-14)29-2)4-8-19(27)30-11-18(26)25-16-7-5-13(21)9-15(16)20(22,23)24/h3-10H,11H2,1-2H3,(H,25,26)/b8-4+. The summed E-state index contributed by atoms with van der Waals surface area (Å²) in [5.74, 6) is -0.802. The number of anilines is 1. The van der Waals surface area contributed by atoms with Gasteiger partial charge in [0.15, 0.2) is 6.61 Å². The maximum Gasteiger partial charge on any atom is 0.418 e. The van der Waals surface area contributed by atoms with Crippen LogP contribution in [-0.2, 0) is 20.5 Å². The lowest BCUT2D eigenvalue weighted by Gasteiger charge is -2.14. The van der Waals surface area contributed by atoms with Crippen molar-refractivity contribution in [3.05, 3.63) is 58.6 Å². The fraction of sp³-hybridized carbons (Fsp3) is 0.200. The number of carbonyl (C=O) groups is 2. The second-order valence-corrected chi connectivity index (χ2v) is 6.22. The lowest BCUT2D eigenvalue weighted by molar-refractivity contribution is -0.142. The van der Waals surface area contributed by atoms with Gasteiger partial charge in [-0.25, -0.2) is 4.79 Å². The Balaban J connectivity index is 1.98. The van der Waals surface area contributed by atoms with Crippen molar-refractivity contribution >= 4 is 35.2 Å². The van der Waals surface area contributed by atoms with Crippen LogP contribution in [-0.4, -0.2) is 32.7 Å². The van der Waals surface area contributed by atoms with Gasteiger partial charge in [0.25, 0.3) is 5.91 Å². The average Bonchev–Trinajstić information content (AvgIpc) is 2.71. The summed E-state index contributed by atoms with van der Waals surface area (Å²) in [5, 5.41) is 1.92. The third kappa shape index (κ3) is 6.41. The SMILES string of the molecule is COc1ccc(/C=C/C(=O)OCC(=O)Nc2ccc(Cl)cc2C(F)(F)F)c(OC)c1. The largest absolute Gasteiger partial charge is 0.497 e. The molecule has 0 aliphatic heterocycles. The van der Waals surface area contributed by atoms with Crippen molar-refractivity contribution < 1.29 is 37.0 Å². The second-order valence-electron chi connectivity index (χ2n) is 5.78. The number of hydrogen-bond donors (Lipinski definition) is 1. The number of nitrogens with one attached hydrogen (secondary N) is 1. The number of rotatable bonds is 7. The van der Waals surface area contributed by atoms with E-state index in [9.17, 15) is 22.8 Å². The molecule has 0 aliphatic rings. The fourth-order valence-corrected chi connectivity index (χ4v) is 2.52. The Labute approximate surface area is 175 Å². The highest BCUT2D eigenvalue weighted by molar-refractivity contribution is 6.30. The van der Waals surface area contributed by atoms with E-state index >= 15 is 0 Å². The Hall–Kier alpha value is -3.20. The minimum Gasteiger partial charge on any atom is -0.497 e. The maximum atomic E-state index is 13.0. The van der Waals surface area contributed by atoms with Crippen molar-refractivity contribution in [1.29, 1.82) is 0 Å². The molecule has 0 heterocycles. The molecule has 2 aromatic carbocycles. The van der Waals surface area contributed by atoms with Gasteiger partial charge in [-0.05, 0) is 36.4 Å². The van der Waals surface area contributed by atoms with E-state index in [0.29, 0.717) is 23.1 Å². The zero-order valence-electron chi connectivity index (χ0n) is 15.9. The fourth-order valence-electron chi connectivity index (χ4n) is 2.35. The highest BCUT2D eigenvalue weighted by Crippen LogP contribution is 2.36.